The van der Waals surface area contributed by atoms with Gasteiger partial charge in [0.15, 0.2) is 0 Å². The maximum Gasteiger partial charge on any atom is 0.329 e. The number of carboxylic acid groups (broad SMARTS) is 1. The van der Waals surface area contributed by atoms with Crippen LogP contribution in [0, 0.1) is 0 Å². The highest BCUT2D eigenvalue weighted by Crippen LogP contribution is 2.17. The summed E-state index contributed by atoms with van der Waals surface area (Å²) in [6.07, 6.45) is 1.05. The number of rotatable bonds is 6. The van der Waals surface area contributed by atoms with Crippen molar-refractivity contribution in [2.75, 3.05) is 0 Å². The molecule has 0 aliphatic carbocycles. The number of carbonyl (C=O) groups is 2. The molecular formula is C14H23N3O3. The first-order valence-electron chi connectivity index (χ1n) is 6.81. The van der Waals surface area contributed by atoms with E-state index in [0.717, 1.165) is 5.69 Å². The minimum atomic E-state index is -1.26. The van der Waals surface area contributed by atoms with Gasteiger partial charge in [-0.3, -0.25) is 9.48 Å². The van der Waals surface area contributed by atoms with E-state index < -0.39 is 17.4 Å². The molecule has 0 radical (unpaired) electrons. The average molecular weight is 281 g/mol. The molecule has 6 nitrogen and oxygen atoms in total. The van der Waals surface area contributed by atoms with Crippen LogP contribution in [0.4, 0.5) is 0 Å². The molecule has 1 amide bonds. The van der Waals surface area contributed by atoms with E-state index in [1.54, 1.807) is 13.1 Å². The molecule has 0 spiro atoms. The summed E-state index contributed by atoms with van der Waals surface area (Å²) >= 11 is 0. The number of carbonyl (C=O) groups excluding carboxylic acids is 1. The third-order valence-corrected chi connectivity index (χ3v) is 3.33. The molecule has 1 aromatic rings. The minimum Gasteiger partial charge on any atom is -0.480 e. The normalized spacial score (nSPS) is 14.1. The molecular weight excluding hydrogens is 258 g/mol. The van der Waals surface area contributed by atoms with Gasteiger partial charge in [-0.2, -0.15) is 5.10 Å². The topological polar surface area (TPSA) is 84.2 Å². The Morgan fingerprint density at radius 2 is 2.10 bits per heavy atom. The summed E-state index contributed by atoms with van der Waals surface area (Å²) in [5.41, 5.74) is -0.0730. The molecule has 1 atom stereocenters. The maximum absolute atomic E-state index is 12.3. The van der Waals surface area contributed by atoms with Crippen molar-refractivity contribution < 1.29 is 14.7 Å². The summed E-state index contributed by atoms with van der Waals surface area (Å²) in [7, 11) is 1.68. The summed E-state index contributed by atoms with van der Waals surface area (Å²) < 4.78 is 1.49. The zero-order valence-corrected chi connectivity index (χ0v) is 12.7. The van der Waals surface area contributed by atoms with Crippen LogP contribution >= 0.6 is 0 Å². The van der Waals surface area contributed by atoms with Gasteiger partial charge in [0.1, 0.15) is 11.2 Å². The van der Waals surface area contributed by atoms with Crippen LogP contribution < -0.4 is 5.32 Å². The number of amides is 1. The smallest absolute Gasteiger partial charge is 0.329 e. The van der Waals surface area contributed by atoms with Crippen LogP contribution in [0.2, 0.25) is 0 Å². The van der Waals surface area contributed by atoms with Crippen molar-refractivity contribution in [3.05, 3.63) is 17.5 Å². The van der Waals surface area contributed by atoms with E-state index in [9.17, 15) is 14.7 Å². The van der Waals surface area contributed by atoms with Gasteiger partial charge >= 0.3 is 5.97 Å². The van der Waals surface area contributed by atoms with Crippen LogP contribution in [-0.4, -0.2) is 32.3 Å². The highest BCUT2D eigenvalue weighted by atomic mass is 16.4. The second-order valence-electron chi connectivity index (χ2n) is 5.57. The monoisotopic (exact) mass is 281 g/mol. The number of aryl methyl sites for hydroxylation is 1. The van der Waals surface area contributed by atoms with Crippen molar-refractivity contribution in [3.63, 3.8) is 0 Å². The van der Waals surface area contributed by atoms with Crippen LogP contribution in [0.15, 0.2) is 6.07 Å². The molecule has 0 saturated carbocycles. The second-order valence-corrected chi connectivity index (χ2v) is 5.57. The Hall–Kier alpha value is -1.85. The van der Waals surface area contributed by atoms with Crippen LogP contribution in [0.5, 0.6) is 0 Å². The first-order chi connectivity index (χ1) is 9.21. The van der Waals surface area contributed by atoms with Crippen molar-refractivity contribution in [1.82, 2.24) is 15.1 Å². The Morgan fingerprint density at radius 3 is 2.50 bits per heavy atom. The fourth-order valence-corrected chi connectivity index (χ4v) is 2.02. The molecule has 1 aromatic heterocycles. The SMILES string of the molecule is CCCC(C)(NC(=O)c1cc(C(C)C)nn1C)C(=O)O. The average Bonchev–Trinajstić information content (AvgIpc) is 2.71. The van der Waals surface area contributed by atoms with Gasteiger partial charge < -0.3 is 10.4 Å². The third kappa shape index (κ3) is 3.37. The van der Waals surface area contributed by atoms with Gasteiger partial charge in [0.2, 0.25) is 0 Å². The highest BCUT2D eigenvalue weighted by molar-refractivity contribution is 5.96. The number of aromatic nitrogens is 2. The van der Waals surface area contributed by atoms with Crippen molar-refractivity contribution in [3.8, 4) is 0 Å². The van der Waals surface area contributed by atoms with Gasteiger partial charge in [0.25, 0.3) is 5.91 Å². The van der Waals surface area contributed by atoms with Crippen molar-refractivity contribution >= 4 is 11.9 Å². The molecule has 20 heavy (non-hydrogen) atoms. The molecule has 1 unspecified atom stereocenters. The summed E-state index contributed by atoms with van der Waals surface area (Å²) in [5.74, 6) is -1.23. The molecule has 1 heterocycles. The lowest BCUT2D eigenvalue weighted by Crippen LogP contribution is -2.52. The Bertz CT molecular complexity index is 508. The number of hydrogen-bond donors (Lipinski definition) is 2. The minimum absolute atomic E-state index is 0.212. The van der Waals surface area contributed by atoms with Gasteiger partial charge in [-0.1, -0.05) is 27.2 Å². The van der Waals surface area contributed by atoms with E-state index >= 15 is 0 Å². The predicted octanol–water partition coefficient (Wildman–Crippen LogP) is 1.92. The van der Waals surface area contributed by atoms with Crippen molar-refractivity contribution in [2.24, 2.45) is 7.05 Å². The zero-order chi connectivity index (χ0) is 15.5. The fourth-order valence-electron chi connectivity index (χ4n) is 2.02. The summed E-state index contributed by atoms with van der Waals surface area (Å²) in [6, 6.07) is 1.70. The highest BCUT2D eigenvalue weighted by Gasteiger charge is 2.34. The molecule has 0 saturated heterocycles. The number of nitrogens with zero attached hydrogens (tertiary/aromatic N) is 2. The lowest BCUT2D eigenvalue weighted by atomic mass is 9.96. The largest absolute Gasteiger partial charge is 0.480 e. The van der Waals surface area contributed by atoms with Crippen molar-refractivity contribution in [2.45, 2.75) is 52.0 Å². The molecule has 6 heteroatoms. The molecule has 2 N–H and O–H groups in total. The number of nitrogens with one attached hydrogen (secondary N) is 1. The van der Waals surface area contributed by atoms with Gasteiger partial charge in [-0.25, -0.2) is 4.79 Å². The molecule has 112 valence electrons. The van der Waals surface area contributed by atoms with E-state index in [-0.39, 0.29) is 5.92 Å². The second kappa shape index (κ2) is 6.07. The van der Waals surface area contributed by atoms with Gasteiger partial charge in [-0.05, 0) is 25.3 Å². The first kappa shape index (κ1) is 16.2. The quantitative estimate of drug-likeness (QED) is 0.834. The zero-order valence-electron chi connectivity index (χ0n) is 12.7. The third-order valence-electron chi connectivity index (χ3n) is 3.33. The molecule has 0 aromatic carbocycles. The Morgan fingerprint density at radius 1 is 1.50 bits per heavy atom. The Balaban J connectivity index is 2.98. The molecule has 1 rings (SSSR count). The lowest BCUT2D eigenvalue weighted by Gasteiger charge is -2.25. The molecule has 0 aliphatic heterocycles. The standard InChI is InChI=1S/C14H23N3O3/c1-6-7-14(4,13(19)20)15-12(18)11-8-10(9(2)3)16-17(11)5/h8-9H,6-7H2,1-5H3,(H,15,18)(H,19,20). The van der Waals surface area contributed by atoms with E-state index in [4.69, 9.17) is 0 Å². The Labute approximate surface area is 119 Å². The van der Waals surface area contributed by atoms with Crippen LogP contribution in [-0.2, 0) is 11.8 Å². The van der Waals surface area contributed by atoms with Crippen LogP contribution in [0.25, 0.3) is 0 Å². The first-order valence-corrected chi connectivity index (χ1v) is 6.81. The summed E-state index contributed by atoms with van der Waals surface area (Å²) in [6.45, 7) is 7.38. The van der Waals surface area contributed by atoms with Crippen LogP contribution in [0.3, 0.4) is 0 Å². The fraction of sp³-hybridized carbons (Fsp3) is 0.643. The summed E-state index contributed by atoms with van der Waals surface area (Å²) in [4.78, 5) is 23.6. The maximum atomic E-state index is 12.3. The van der Waals surface area contributed by atoms with Crippen LogP contribution in [0.1, 0.15) is 62.6 Å². The lowest BCUT2D eigenvalue weighted by molar-refractivity contribution is -0.144. The van der Waals surface area contributed by atoms with Gasteiger partial charge in [0.05, 0.1) is 5.69 Å². The van der Waals surface area contributed by atoms with E-state index in [2.05, 4.69) is 10.4 Å². The molecule has 0 fully saturated rings. The Kier molecular flexibility index (Phi) is 4.92. The number of carboxylic acids is 1. The summed E-state index contributed by atoms with van der Waals surface area (Å²) in [5, 5.41) is 16.1. The molecule has 0 bridgehead atoms. The van der Waals surface area contributed by atoms with E-state index in [1.807, 2.05) is 20.8 Å². The van der Waals surface area contributed by atoms with Crippen molar-refractivity contribution in [1.29, 1.82) is 0 Å². The molecule has 0 aliphatic rings. The predicted molar refractivity (Wildman–Crippen MR) is 75.7 cm³/mol. The van der Waals surface area contributed by atoms with E-state index in [0.29, 0.717) is 18.5 Å². The van der Waals surface area contributed by atoms with Gasteiger partial charge in [-0.15, -0.1) is 0 Å². The number of aliphatic carboxylic acids is 1. The van der Waals surface area contributed by atoms with E-state index in [1.165, 1.54) is 11.6 Å². The van der Waals surface area contributed by atoms with Gasteiger partial charge in [0, 0.05) is 7.05 Å². The number of hydrogen-bond acceptors (Lipinski definition) is 3.